The van der Waals surface area contributed by atoms with Gasteiger partial charge < -0.3 is 4.74 Å². The smallest absolute Gasteiger partial charge is 0.443 e. The molecular weight excluding hydrogens is 393 g/mol. The number of halogens is 5. The Labute approximate surface area is 161 Å². The van der Waals surface area contributed by atoms with Crippen LogP contribution >= 0.6 is 0 Å². The molecule has 1 amide bonds. The molecule has 0 fully saturated rings. The van der Waals surface area contributed by atoms with Crippen molar-refractivity contribution >= 4 is 11.8 Å². The van der Waals surface area contributed by atoms with Gasteiger partial charge in [0.15, 0.2) is 23.3 Å². The molecule has 1 aliphatic carbocycles. The van der Waals surface area contributed by atoms with Crippen LogP contribution in [0, 0.1) is 23.3 Å². The lowest BCUT2D eigenvalue weighted by Crippen LogP contribution is -2.26. The Morgan fingerprint density at radius 2 is 1.41 bits per heavy atom. The second kappa shape index (κ2) is 7.20. The van der Waals surface area contributed by atoms with E-state index in [0.717, 1.165) is 22.3 Å². The molecule has 0 aliphatic heterocycles. The largest absolute Gasteiger partial charge is 0.446 e. The number of nitrogens with zero attached hydrogens (tertiary/aromatic N) is 1. The third-order valence-corrected chi connectivity index (χ3v) is 4.79. The Hall–Kier alpha value is -3.42. The van der Waals surface area contributed by atoms with Gasteiger partial charge in [0.05, 0.1) is 0 Å². The van der Waals surface area contributed by atoms with Crippen LogP contribution in [0.2, 0.25) is 0 Å². The topological polar surface area (TPSA) is 29.5 Å². The minimum absolute atomic E-state index is 0.0369. The minimum atomic E-state index is -2.23. The van der Waals surface area contributed by atoms with Crippen molar-refractivity contribution in [1.29, 1.82) is 0 Å². The highest BCUT2D eigenvalue weighted by Crippen LogP contribution is 2.44. The second-order valence-corrected chi connectivity index (χ2v) is 6.40. The Balaban J connectivity index is 1.57. The lowest BCUT2D eigenvalue weighted by atomic mass is 9.98. The van der Waals surface area contributed by atoms with E-state index in [9.17, 15) is 26.8 Å². The molecule has 0 radical (unpaired) electrons. The van der Waals surface area contributed by atoms with Crippen molar-refractivity contribution in [2.24, 2.45) is 0 Å². The van der Waals surface area contributed by atoms with E-state index in [-0.39, 0.29) is 12.7 Å². The SMILES string of the molecule is O=C(OCC1c2ccccc2-c2ccccc21)N(F)c1cc(F)c(F)c(F)c1F. The molecule has 0 spiro atoms. The fourth-order valence-corrected chi connectivity index (χ4v) is 3.45. The molecule has 0 heterocycles. The third-order valence-electron chi connectivity index (χ3n) is 4.79. The number of benzene rings is 3. The summed E-state index contributed by atoms with van der Waals surface area (Å²) in [4.78, 5) is 12.0. The predicted molar refractivity (Wildman–Crippen MR) is 94.9 cm³/mol. The van der Waals surface area contributed by atoms with Gasteiger partial charge in [0.1, 0.15) is 12.3 Å². The van der Waals surface area contributed by atoms with E-state index in [1.54, 1.807) is 12.1 Å². The number of hydrogen-bond acceptors (Lipinski definition) is 2. The number of rotatable bonds is 3. The molecule has 0 saturated carbocycles. The Morgan fingerprint density at radius 1 is 0.862 bits per heavy atom. The molecule has 4 rings (SSSR count). The summed E-state index contributed by atoms with van der Waals surface area (Å²) < 4.78 is 72.5. The highest BCUT2D eigenvalue weighted by molar-refractivity contribution is 5.85. The van der Waals surface area contributed by atoms with E-state index in [4.69, 9.17) is 4.74 Å². The molecule has 0 saturated heterocycles. The van der Waals surface area contributed by atoms with Crippen molar-refractivity contribution in [2.45, 2.75) is 5.92 Å². The van der Waals surface area contributed by atoms with Crippen LogP contribution in [0.1, 0.15) is 17.0 Å². The summed E-state index contributed by atoms with van der Waals surface area (Å²) >= 11 is 0. The number of hydrogen-bond donors (Lipinski definition) is 0. The molecule has 0 unspecified atom stereocenters. The average molecular weight is 405 g/mol. The Kier molecular flexibility index (Phi) is 4.70. The number of ether oxygens (including phenoxy) is 1. The zero-order chi connectivity index (χ0) is 20.7. The van der Waals surface area contributed by atoms with Crippen LogP contribution in [-0.2, 0) is 4.74 Å². The molecule has 0 bridgehead atoms. The number of carbonyl (C=O) groups is 1. The molecule has 29 heavy (non-hydrogen) atoms. The van der Waals surface area contributed by atoms with E-state index in [2.05, 4.69) is 0 Å². The van der Waals surface area contributed by atoms with Gasteiger partial charge in [0.25, 0.3) is 0 Å². The summed E-state index contributed by atoms with van der Waals surface area (Å²) in [5.74, 6) is -8.61. The first kappa shape index (κ1) is 18.9. The van der Waals surface area contributed by atoms with E-state index in [1.165, 1.54) is 0 Å². The number of fused-ring (bicyclic) bond motifs is 3. The highest BCUT2D eigenvalue weighted by atomic mass is 19.2. The molecular formula is C21H12F5NO2. The fraction of sp³-hybridized carbons (Fsp3) is 0.0952. The molecule has 8 heteroatoms. The number of carbonyl (C=O) groups excluding carboxylic acids is 1. The standard InChI is InChI=1S/C21H12F5NO2/c22-16-9-17(19(24)20(25)18(16)23)27(26)21(28)29-10-15-13-7-3-1-5-11(13)12-6-2-4-8-14(12)15/h1-9,15H,10H2. The second-order valence-electron chi connectivity index (χ2n) is 6.40. The fourth-order valence-electron chi connectivity index (χ4n) is 3.45. The summed E-state index contributed by atoms with van der Waals surface area (Å²) in [6.45, 7) is -0.291. The Morgan fingerprint density at radius 3 is 2.00 bits per heavy atom. The summed E-state index contributed by atoms with van der Waals surface area (Å²) in [7, 11) is 0. The predicted octanol–water partition coefficient (Wildman–Crippen LogP) is 5.88. The van der Waals surface area contributed by atoms with Crippen molar-refractivity contribution in [3.8, 4) is 11.1 Å². The number of anilines is 1. The van der Waals surface area contributed by atoms with Crippen LogP contribution < -0.4 is 5.12 Å². The summed E-state index contributed by atoms with van der Waals surface area (Å²) in [5, 5.41) is -0.895. The van der Waals surface area contributed by atoms with Gasteiger partial charge in [-0.1, -0.05) is 53.0 Å². The lowest BCUT2D eigenvalue weighted by molar-refractivity contribution is 0.136. The lowest BCUT2D eigenvalue weighted by Gasteiger charge is -2.17. The maximum Gasteiger partial charge on any atom is 0.443 e. The van der Waals surface area contributed by atoms with Crippen molar-refractivity contribution in [2.75, 3.05) is 11.7 Å². The first-order valence-electron chi connectivity index (χ1n) is 8.54. The highest BCUT2D eigenvalue weighted by Gasteiger charge is 2.31. The molecule has 148 valence electrons. The first-order chi connectivity index (χ1) is 13.9. The van der Waals surface area contributed by atoms with Crippen LogP contribution in [0.4, 0.5) is 32.5 Å². The third kappa shape index (κ3) is 3.10. The van der Waals surface area contributed by atoms with E-state index in [0.29, 0.717) is 0 Å². The molecule has 1 aliphatic rings. The van der Waals surface area contributed by atoms with Crippen molar-refractivity contribution in [1.82, 2.24) is 0 Å². The van der Waals surface area contributed by atoms with Crippen molar-refractivity contribution in [3.63, 3.8) is 0 Å². The van der Waals surface area contributed by atoms with Gasteiger partial charge in [0.2, 0.25) is 0 Å². The van der Waals surface area contributed by atoms with Crippen molar-refractivity contribution < 1.29 is 31.6 Å². The zero-order valence-electron chi connectivity index (χ0n) is 14.6. The van der Waals surface area contributed by atoms with Gasteiger partial charge in [-0.3, -0.25) is 0 Å². The quantitative estimate of drug-likeness (QED) is 0.236. The van der Waals surface area contributed by atoms with Crippen LogP contribution in [-0.4, -0.2) is 12.7 Å². The van der Waals surface area contributed by atoms with Gasteiger partial charge in [-0.2, -0.15) is 0 Å². The van der Waals surface area contributed by atoms with Gasteiger partial charge >= 0.3 is 6.09 Å². The molecule has 3 aromatic rings. The summed E-state index contributed by atoms with van der Waals surface area (Å²) in [6, 6.07) is 14.8. The zero-order valence-corrected chi connectivity index (χ0v) is 14.6. The van der Waals surface area contributed by atoms with E-state index >= 15 is 0 Å². The Bertz CT molecular complexity index is 1070. The monoisotopic (exact) mass is 405 g/mol. The molecule has 0 aromatic heterocycles. The molecule has 0 atom stereocenters. The van der Waals surface area contributed by atoms with E-state index < -0.39 is 46.1 Å². The first-order valence-corrected chi connectivity index (χ1v) is 8.54. The molecule has 3 aromatic carbocycles. The minimum Gasteiger partial charge on any atom is -0.446 e. The average Bonchev–Trinajstić information content (AvgIpc) is 3.06. The molecule has 0 N–H and O–H groups in total. The van der Waals surface area contributed by atoms with Crippen LogP contribution in [0.3, 0.4) is 0 Å². The van der Waals surface area contributed by atoms with Crippen molar-refractivity contribution in [3.05, 3.63) is 89.0 Å². The van der Waals surface area contributed by atoms with E-state index in [1.807, 2.05) is 36.4 Å². The van der Waals surface area contributed by atoms with Crippen LogP contribution in [0.5, 0.6) is 0 Å². The summed E-state index contributed by atoms with van der Waals surface area (Å²) in [5.41, 5.74) is 2.18. The molecule has 3 nitrogen and oxygen atoms in total. The summed E-state index contributed by atoms with van der Waals surface area (Å²) in [6.07, 6.45) is -1.68. The number of amides is 1. The maximum absolute atomic E-state index is 14.2. The maximum atomic E-state index is 14.2. The van der Waals surface area contributed by atoms with Gasteiger partial charge in [-0.05, 0) is 22.3 Å². The van der Waals surface area contributed by atoms with Gasteiger partial charge in [-0.15, -0.1) is 5.12 Å². The van der Waals surface area contributed by atoms with Gasteiger partial charge in [-0.25, -0.2) is 22.4 Å². The van der Waals surface area contributed by atoms with Crippen LogP contribution in [0.25, 0.3) is 11.1 Å². The van der Waals surface area contributed by atoms with Gasteiger partial charge in [0, 0.05) is 12.0 Å². The van der Waals surface area contributed by atoms with Crippen LogP contribution in [0.15, 0.2) is 54.6 Å². The normalized spacial score (nSPS) is 12.4.